The number of carbonyl (C=O) groups is 1. The van der Waals surface area contributed by atoms with E-state index in [0.29, 0.717) is 5.56 Å². The zero-order valence-corrected chi connectivity index (χ0v) is 16.8. The second-order valence-electron chi connectivity index (χ2n) is 8.19. The van der Waals surface area contributed by atoms with Crippen molar-refractivity contribution in [2.45, 2.75) is 45.7 Å². The summed E-state index contributed by atoms with van der Waals surface area (Å²) in [5.41, 5.74) is 11.2. The first kappa shape index (κ1) is 18.8. The zero-order valence-electron chi connectivity index (χ0n) is 16.8. The molecule has 2 aromatic carbocycles. The van der Waals surface area contributed by atoms with Crippen LogP contribution >= 0.6 is 0 Å². The van der Waals surface area contributed by atoms with Crippen molar-refractivity contribution in [2.75, 3.05) is 13.1 Å². The molecule has 0 bridgehead atoms. The number of benzene rings is 2. The third kappa shape index (κ3) is 3.57. The molecule has 0 saturated carbocycles. The van der Waals surface area contributed by atoms with E-state index in [4.69, 9.17) is 5.73 Å². The molecule has 28 heavy (non-hydrogen) atoms. The van der Waals surface area contributed by atoms with Crippen molar-refractivity contribution in [3.8, 4) is 0 Å². The van der Waals surface area contributed by atoms with Gasteiger partial charge in [0.05, 0.1) is 5.56 Å². The lowest BCUT2D eigenvalue weighted by Gasteiger charge is -2.16. The number of nitrogens with two attached hydrogens (primary N) is 1. The summed E-state index contributed by atoms with van der Waals surface area (Å²) in [7, 11) is 0. The molecule has 1 saturated heterocycles. The maximum Gasteiger partial charge on any atom is 0.251 e. The Morgan fingerprint density at radius 2 is 1.71 bits per heavy atom. The number of primary amides is 1. The van der Waals surface area contributed by atoms with E-state index in [1.165, 1.54) is 37.1 Å². The standard InChI is InChI=1S/C24H29N3O/c1-17(2)23-22(24(25)28)20-11-10-19(15-26-12-6-7-13-26)14-21(20)27(23)16-18-8-4-3-5-9-18/h3-5,8-11,14,17H,6-7,12-13,15-16H2,1-2H3,(H2,25,28). The molecule has 1 aliphatic heterocycles. The zero-order chi connectivity index (χ0) is 19.7. The number of nitrogens with zero attached hydrogens (tertiary/aromatic N) is 2. The fourth-order valence-electron chi connectivity index (χ4n) is 4.51. The summed E-state index contributed by atoms with van der Waals surface area (Å²) in [4.78, 5) is 14.9. The van der Waals surface area contributed by atoms with Gasteiger partial charge in [-0.25, -0.2) is 0 Å². The number of likely N-dealkylation sites (tertiary alicyclic amines) is 1. The highest BCUT2D eigenvalue weighted by atomic mass is 16.1. The van der Waals surface area contributed by atoms with Crippen LogP contribution in [0.5, 0.6) is 0 Å². The fourth-order valence-corrected chi connectivity index (χ4v) is 4.51. The van der Waals surface area contributed by atoms with Crippen molar-refractivity contribution >= 4 is 16.8 Å². The van der Waals surface area contributed by atoms with E-state index in [2.05, 4.69) is 65.8 Å². The van der Waals surface area contributed by atoms with E-state index in [0.717, 1.165) is 29.7 Å². The van der Waals surface area contributed by atoms with Crippen LogP contribution in [0.4, 0.5) is 0 Å². The molecule has 0 aliphatic carbocycles. The van der Waals surface area contributed by atoms with Gasteiger partial charge in [0.2, 0.25) is 0 Å². The number of rotatable bonds is 6. The highest BCUT2D eigenvalue weighted by Gasteiger charge is 2.23. The summed E-state index contributed by atoms with van der Waals surface area (Å²) in [5.74, 6) is -0.131. The lowest BCUT2D eigenvalue weighted by Crippen LogP contribution is -2.18. The van der Waals surface area contributed by atoms with Crippen LogP contribution in [-0.2, 0) is 13.1 Å². The topological polar surface area (TPSA) is 51.3 Å². The lowest BCUT2D eigenvalue weighted by molar-refractivity contribution is 0.100. The molecule has 2 heterocycles. The number of hydrogen-bond donors (Lipinski definition) is 1. The molecule has 146 valence electrons. The van der Waals surface area contributed by atoms with Crippen LogP contribution in [0.3, 0.4) is 0 Å². The normalized spacial score (nSPS) is 15.0. The second-order valence-corrected chi connectivity index (χ2v) is 8.19. The average molecular weight is 376 g/mol. The van der Waals surface area contributed by atoms with E-state index in [1.807, 2.05) is 6.07 Å². The Morgan fingerprint density at radius 1 is 1.00 bits per heavy atom. The summed E-state index contributed by atoms with van der Waals surface area (Å²) < 4.78 is 2.29. The molecule has 1 amide bonds. The third-order valence-electron chi connectivity index (χ3n) is 5.75. The van der Waals surface area contributed by atoms with Crippen LogP contribution in [0.25, 0.3) is 10.9 Å². The Bertz CT molecular complexity index is 982. The third-order valence-corrected chi connectivity index (χ3v) is 5.75. The molecule has 0 atom stereocenters. The first-order valence-corrected chi connectivity index (χ1v) is 10.3. The number of aromatic nitrogens is 1. The minimum Gasteiger partial charge on any atom is -0.366 e. The van der Waals surface area contributed by atoms with Gasteiger partial charge in [-0.3, -0.25) is 9.69 Å². The minimum absolute atomic E-state index is 0.209. The first-order chi connectivity index (χ1) is 13.5. The Kier molecular flexibility index (Phi) is 5.23. The summed E-state index contributed by atoms with van der Waals surface area (Å²) in [6.07, 6.45) is 2.58. The van der Waals surface area contributed by atoms with Gasteiger partial charge in [-0.05, 0) is 49.0 Å². The van der Waals surface area contributed by atoms with Crippen LogP contribution < -0.4 is 5.73 Å². The van der Waals surface area contributed by atoms with Gasteiger partial charge in [-0.2, -0.15) is 0 Å². The molecule has 1 aromatic heterocycles. The predicted molar refractivity (Wildman–Crippen MR) is 115 cm³/mol. The van der Waals surface area contributed by atoms with Crippen molar-refractivity contribution in [1.82, 2.24) is 9.47 Å². The van der Waals surface area contributed by atoms with Gasteiger partial charge in [-0.15, -0.1) is 0 Å². The van der Waals surface area contributed by atoms with E-state index < -0.39 is 0 Å². The average Bonchev–Trinajstić information content (AvgIpc) is 3.29. The van der Waals surface area contributed by atoms with Gasteiger partial charge in [0.25, 0.3) is 5.91 Å². The van der Waals surface area contributed by atoms with Crippen molar-refractivity contribution in [2.24, 2.45) is 5.73 Å². The quantitative estimate of drug-likeness (QED) is 0.689. The van der Waals surface area contributed by atoms with Crippen LogP contribution in [0, 0.1) is 0 Å². The molecular formula is C24H29N3O. The van der Waals surface area contributed by atoms with Crippen LogP contribution in [-0.4, -0.2) is 28.5 Å². The second kappa shape index (κ2) is 7.80. The van der Waals surface area contributed by atoms with Crippen molar-refractivity contribution in [3.63, 3.8) is 0 Å². The van der Waals surface area contributed by atoms with Crippen LogP contribution in [0.15, 0.2) is 48.5 Å². The number of hydrogen-bond acceptors (Lipinski definition) is 2. The van der Waals surface area contributed by atoms with E-state index in [1.54, 1.807) is 0 Å². The smallest absolute Gasteiger partial charge is 0.251 e. The van der Waals surface area contributed by atoms with Crippen molar-refractivity contribution in [3.05, 3.63) is 70.9 Å². The number of carbonyl (C=O) groups excluding carboxylic acids is 1. The molecule has 0 radical (unpaired) electrons. The Labute approximate surface area is 166 Å². The van der Waals surface area contributed by atoms with Crippen LogP contribution in [0.1, 0.15) is 59.8 Å². The summed E-state index contributed by atoms with van der Waals surface area (Å²) in [6.45, 7) is 8.32. The van der Waals surface area contributed by atoms with Gasteiger partial charge in [-0.1, -0.05) is 56.3 Å². The molecule has 1 aliphatic rings. The van der Waals surface area contributed by atoms with Crippen molar-refractivity contribution in [1.29, 1.82) is 0 Å². The van der Waals surface area contributed by atoms with E-state index in [-0.39, 0.29) is 11.8 Å². The predicted octanol–water partition coefficient (Wildman–Crippen LogP) is 4.51. The monoisotopic (exact) mass is 375 g/mol. The SMILES string of the molecule is CC(C)c1c(C(N)=O)c2ccc(CN3CCCC3)cc2n1Cc1ccccc1. The summed E-state index contributed by atoms with van der Waals surface area (Å²) in [5, 5.41) is 0.970. The van der Waals surface area contributed by atoms with E-state index >= 15 is 0 Å². The van der Waals surface area contributed by atoms with Gasteiger partial charge < -0.3 is 10.3 Å². The Hall–Kier alpha value is -2.59. The molecule has 4 nitrogen and oxygen atoms in total. The highest BCUT2D eigenvalue weighted by Crippen LogP contribution is 2.33. The molecule has 0 unspecified atom stereocenters. The van der Waals surface area contributed by atoms with E-state index in [9.17, 15) is 4.79 Å². The van der Waals surface area contributed by atoms with Crippen molar-refractivity contribution < 1.29 is 4.79 Å². The molecule has 4 heteroatoms. The van der Waals surface area contributed by atoms with Gasteiger partial charge in [0.15, 0.2) is 0 Å². The van der Waals surface area contributed by atoms with Gasteiger partial charge in [0.1, 0.15) is 0 Å². The molecular weight excluding hydrogens is 346 g/mol. The lowest BCUT2D eigenvalue weighted by atomic mass is 10.0. The maximum atomic E-state index is 12.4. The first-order valence-electron chi connectivity index (χ1n) is 10.3. The van der Waals surface area contributed by atoms with Gasteiger partial charge >= 0.3 is 0 Å². The van der Waals surface area contributed by atoms with Gasteiger partial charge in [0, 0.05) is 29.7 Å². The minimum atomic E-state index is -0.340. The maximum absolute atomic E-state index is 12.4. The molecule has 1 fully saturated rings. The van der Waals surface area contributed by atoms with Crippen LogP contribution in [0.2, 0.25) is 0 Å². The summed E-state index contributed by atoms with van der Waals surface area (Å²) >= 11 is 0. The highest BCUT2D eigenvalue weighted by molar-refractivity contribution is 6.08. The molecule has 0 spiro atoms. The largest absolute Gasteiger partial charge is 0.366 e. The molecule has 4 rings (SSSR count). The molecule has 3 aromatic rings. The fraction of sp³-hybridized carbons (Fsp3) is 0.375. The number of fused-ring (bicyclic) bond motifs is 1. The Balaban J connectivity index is 1.86. The Morgan fingerprint density at radius 3 is 2.36 bits per heavy atom. The molecule has 2 N–H and O–H groups in total. The number of amides is 1. The summed E-state index contributed by atoms with van der Waals surface area (Å²) in [6, 6.07) is 16.9.